The Labute approximate surface area is 172 Å². The Bertz CT molecular complexity index is 901. The fourth-order valence-corrected chi connectivity index (χ4v) is 4.15. The predicted octanol–water partition coefficient (Wildman–Crippen LogP) is 4.11. The Morgan fingerprint density at radius 3 is 2.46 bits per heavy atom. The molecule has 1 N–H and O–H groups in total. The van der Waals surface area contributed by atoms with E-state index in [-0.39, 0.29) is 24.8 Å². The maximum Gasteiger partial charge on any atom is 0.232 e. The van der Waals surface area contributed by atoms with Gasteiger partial charge >= 0.3 is 0 Å². The van der Waals surface area contributed by atoms with Crippen molar-refractivity contribution in [3.05, 3.63) is 64.7 Å². The number of sulfonamides is 1. The third kappa shape index (κ3) is 6.24. The third-order valence-corrected chi connectivity index (χ3v) is 6.24. The van der Waals surface area contributed by atoms with Gasteiger partial charge in [0.25, 0.3) is 0 Å². The van der Waals surface area contributed by atoms with E-state index in [0.717, 1.165) is 6.26 Å². The van der Waals surface area contributed by atoms with Crippen LogP contribution in [0.15, 0.2) is 48.5 Å². The number of benzene rings is 2. The first-order valence-electron chi connectivity index (χ1n) is 9.24. The van der Waals surface area contributed by atoms with E-state index < -0.39 is 10.0 Å². The number of amides is 1. The van der Waals surface area contributed by atoms with Crippen molar-refractivity contribution in [2.24, 2.45) is 0 Å². The molecule has 2 aromatic carbocycles. The molecule has 152 valence electrons. The van der Waals surface area contributed by atoms with Gasteiger partial charge in [0, 0.05) is 24.5 Å². The van der Waals surface area contributed by atoms with E-state index in [1.165, 1.54) is 9.87 Å². The van der Waals surface area contributed by atoms with Crippen LogP contribution in [0.4, 0.5) is 5.69 Å². The largest absolute Gasteiger partial charge is 0.356 e. The van der Waals surface area contributed by atoms with Crippen molar-refractivity contribution in [1.29, 1.82) is 0 Å². The molecule has 7 heteroatoms. The zero-order valence-corrected chi connectivity index (χ0v) is 18.1. The van der Waals surface area contributed by atoms with Gasteiger partial charge in [-0.15, -0.1) is 0 Å². The summed E-state index contributed by atoms with van der Waals surface area (Å²) in [7, 11) is -3.47. The fourth-order valence-electron chi connectivity index (χ4n) is 2.97. The van der Waals surface area contributed by atoms with Crippen molar-refractivity contribution >= 4 is 33.2 Å². The second-order valence-electron chi connectivity index (χ2n) is 6.94. The van der Waals surface area contributed by atoms with Gasteiger partial charge in [0.1, 0.15) is 0 Å². The molecule has 0 aliphatic carbocycles. The van der Waals surface area contributed by atoms with Crippen LogP contribution in [0.3, 0.4) is 0 Å². The van der Waals surface area contributed by atoms with E-state index in [4.69, 9.17) is 11.6 Å². The van der Waals surface area contributed by atoms with E-state index >= 15 is 0 Å². The molecule has 0 saturated heterocycles. The summed E-state index contributed by atoms with van der Waals surface area (Å²) in [5, 5.41) is 3.44. The molecule has 28 heavy (non-hydrogen) atoms. The number of nitrogens with zero attached hydrogens (tertiary/aromatic N) is 1. The number of nitrogens with one attached hydrogen (secondary N) is 1. The minimum Gasteiger partial charge on any atom is -0.356 e. The SMILES string of the molecule is Cc1c(Cl)cccc1N(CCCC(=O)NC[C@H](C)c1ccccc1)S(C)(=O)=O. The predicted molar refractivity (Wildman–Crippen MR) is 115 cm³/mol. The molecule has 0 spiro atoms. The van der Waals surface area contributed by atoms with Crippen molar-refractivity contribution in [1.82, 2.24) is 5.32 Å². The quantitative estimate of drug-likeness (QED) is 0.661. The lowest BCUT2D eigenvalue weighted by atomic mass is 10.0. The minimum atomic E-state index is -3.47. The number of halogens is 1. The van der Waals surface area contributed by atoms with Gasteiger partial charge in [-0.25, -0.2) is 8.42 Å². The lowest BCUT2D eigenvalue weighted by Crippen LogP contribution is -2.33. The molecular formula is C21H27ClN2O3S. The lowest BCUT2D eigenvalue weighted by Gasteiger charge is -2.24. The average Bonchev–Trinajstić information content (AvgIpc) is 2.65. The molecule has 0 unspecified atom stereocenters. The van der Waals surface area contributed by atoms with Crippen LogP contribution in [-0.2, 0) is 14.8 Å². The van der Waals surface area contributed by atoms with E-state index in [1.807, 2.05) is 30.3 Å². The molecule has 0 saturated carbocycles. The molecular weight excluding hydrogens is 396 g/mol. The van der Waals surface area contributed by atoms with Gasteiger partial charge in [-0.1, -0.05) is 54.9 Å². The van der Waals surface area contributed by atoms with Gasteiger partial charge in [0.15, 0.2) is 0 Å². The molecule has 0 radical (unpaired) electrons. The Morgan fingerprint density at radius 1 is 1.14 bits per heavy atom. The number of carbonyl (C=O) groups is 1. The van der Waals surface area contributed by atoms with Crippen LogP contribution in [-0.4, -0.2) is 33.7 Å². The van der Waals surface area contributed by atoms with Gasteiger partial charge < -0.3 is 5.32 Å². The van der Waals surface area contributed by atoms with Crippen LogP contribution >= 0.6 is 11.6 Å². The minimum absolute atomic E-state index is 0.0842. The van der Waals surface area contributed by atoms with E-state index in [0.29, 0.717) is 29.2 Å². The molecule has 0 aliphatic rings. The van der Waals surface area contributed by atoms with Crippen LogP contribution in [0.2, 0.25) is 5.02 Å². The average molecular weight is 423 g/mol. The Morgan fingerprint density at radius 2 is 1.82 bits per heavy atom. The number of hydrogen-bond acceptors (Lipinski definition) is 3. The summed E-state index contributed by atoms with van der Waals surface area (Å²) in [5.41, 5.74) is 2.42. The van der Waals surface area contributed by atoms with Crippen molar-refractivity contribution < 1.29 is 13.2 Å². The van der Waals surface area contributed by atoms with Crippen LogP contribution in [0, 0.1) is 6.92 Å². The van der Waals surface area contributed by atoms with Gasteiger partial charge in [0.2, 0.25) is 15.9 Å². The maximum atomic E-state index is 12.2. The Balaban J connectivity index is 1.90. The molecule has 1 atom stereocenters. The summed E-state index contributed by atoms with van der Waals surface area (Å²) in [6.45, 7) is 4.62. The smallest absolute Gasteiger partial charge is 0.232 e. The van der Waals surface area contributed by atoms with Crippen LogP contribution in [0.1, 0.15) is 36.8 Å². The fraction of sp³-hybridized carbons (Fsp3) is 0.381. The van der Waals surface area contributed by atoms with Crippen molar-refractivity contribution in [3.8, 4) is 0 Å². The van der Waals surface area contributed by atoms with Gasteiger partial charge in [0.05, 0.1) is 11.9 Å². The summed E-state index contributed by atoms with van der Waals surface area (Å²) in [6.07, 6.45) is 1.84. The summed E-state index contributed by atoms with van der Waals surface area (Å²) in [6, 6.07) is 15.2. The standard InChI is InChI=1S/C21H27ClN2O3S/c1-16(18-9-5-4-6-10-18)15-23-21(25)13-8-14-24(28(3,26)27)20-12-7-11-19(22)17(20)2/h4-7,9-12,16H,8,13-15H2,1-3H3,(H,23,25)/t16-/m0/s1. The highest BCUT2D eigenvalue weighted by atomic mass is 35.5. The van der Waals surface area contributed by atoms with Crippen molar-refractivity contribution in [2.75, 3.05) is 23.7 Å². The second-order valence-corrected chi connectivity index (χ2v) is 9.25. The molecule has 5 nitrogen and oxygen atoms in total. The van der Waals surface area contributed by atoms with Crippen LogP contribution in [0.5, 0.6) is 0 Å². The molecule has 2 rings (SSSR count). The normalized spacial score (nSPS) is 12.4. The van der Waals surface area contributed by atoms with Crippen molar-refractivity contribution in [3.63, 3.8) is 0 Å². The summed E-state index contributed by atoms with van der Waals surface area (Å²) >= 11 is 6.13. The molecule has 0 heterocycles. The molecule has 0 aromatic heterocycles. The second kappa shape index (κ2) is 9.94. The highest BCUT2D eigenvalue weighted by molar-refractivity contribution is 7.92. The summed E-state index contributed by atoms with van der Waals surface area (Å²) < 4.78 is 25.8. The summed E-state index contributed by atoms with van der Waals surface area (Å²) in [5.74, 6) is 0.130. The zero-order valence-electron chi connectivity index (χ0n) is 16.5. The first-order valence-corrected chi connectivity index (χ1v) is 11.5. The number of rotatable bonds is 9. The van der Waals surface area contributed by atoms with Crippen LogP contribution < -0.4 is 9.62 Å². The molecule has 0 fully saturated rings. The number of hydrogen-bond donors (Lipinski definition) is 1. The maximum absolute atomic E-state index is 12.2. The van der Waals surface area contributed by atoms with E-state index in [9.17, 15) is 13.2 Å². The molecule has 0 aliphatic heterocycles. The zero-order chi connectivity index (χ0) is 20.7. The first kappa shape index (κ1) is 22.2. The molecule has 1 amide bonds. The Kier molecular flexibility index (Phi) is 7.89. The topological polar surface area (TPSA) is 66.5 Å². The monoisotopic (exact) mass is 422 g/mol. The lowest BCUT2D eigenvalue weighted by molar-refractivity contribution is -0.121. The summed E-state index contributed by atoms with van der Waals surface area (Å²) in [4.78, 5) is 12.2. The van der Waals surface area contributed by atoms with Crippen LogP contribution in [0.25, 0.3) is 0 Å². The number of carbonyl (C=O) groups excluding carboxylic acids is 1. The molecule has 2 aromatic rings. The molecule has 0 bridgehead atoms. The van der Waals surface area contributed by atoms with Crippen molar-refractivity contribution in [2.45, 2.75) is 32.6 Å². The van der Waals surface area contributed by atoms with Gasteiger partial charge in [-0.05, 0) is 42.5 Å². The third-order valence-electron chi connectivity index (χ3n) is 4.65. The highest BCUT2D eigenvalue weighted by Crippen LogP contribution is 2.28. The van der Waals surface area contributed by atoms with E-state index in [1.54, 1.807) is 25.1 Å². The Hall–Kier alpha value is -2.05. The van der Waals surface area contributed by atoms with Gasteiger partial charge in [-0.2, -0.15) is 0 Å². The number of anilines is 1. The van der Waals surface area contributed by atoms with E-state index in [2.05, 4.69) is 12.2 Å². The van der Waals surface area contributed by atoms with Gasteiger partial charge in [-0.3, -0.25) is 9.10 Å². The first-order chi connectivity index (χ1) is 13.2. The highest BCUT2D eigenvalue weighted by Gasteiger charge is 2.20.